The number of nitrogens with zero attached hydrogens (tertiary/aromatic N) is 1. The number of hydrogen-bond donors (Lipinski definition) is 1. The zero-order chi connectivity index (χ0) is 17.7. The third-order valence-electron chi connectivity index (χ3n) is 3.06. The lowest BCUT2D eigenvalue weighted by Gasteiger charge is -2.10. The Kier molecular flexibility index (Phi) is 6.48. The summed E-state index contributed by atoms with van der Waals surface area (Å²) >= 11 is 15.2. The Bertz CT molecular complexity index is 797. The predicted octanol–water partition coefficient (Wildman–Crippen LogP) is 4.54. The molecule has 0 saturated carbocycles. The maximum atomic E-state index is 12.1. The summed E-state index contributed by atoms with van der Waals surface area (Å²) in [5.74, 6) is 0.677. The molecule has 0 bridgehead atoms. The van der Waals surface area contributed by atoms with Gasteiger partial charge in [0.05, 0.1) is 35.5 Å². The second kappa shape index (κ2) is 8.37. The van der Waals surface area contributed by atoms with E-state index >= 15 is 0 Å². The molecule has 24 heavy (non-hydrogen) atoms. The molecule has 0 aliphatic rings. The van der Waals surface area contributed by atoms with Crippen molar-refractivity contribution in [3.05, 3.63) is 56.0 Å². The molecule has 1 amide bonds. The second-order valence-electron chi connectivity index (χ2n) is 4.53. The van der Waals surface area contributed by atoms with Crippen LogP contribution in [0.15, 0.2) is 39.9 Å². The molecular weight excluding hydrogens is 419 g/mol. The summed E-state index contributed by atoms with van der Waals surface area (Å²) in [5, 5.41) is 4.64. The van der Waals surface area contributed by atoms with E-state index in [1.54, 1.807) is 25.3 Å². The van der Waals surface area contributed by atoms with Crippen LogP contribution >= 0.6 is 39.1 Å². The van der Waals surface area contributed by atoms with Crippen molar-refractivity contribution in [2.45, 2.75) is 0 Å². The monoisotopic (exact) mass is 430 g/mol. The van der Waals surface area contributed by atoms with Crippen LogP contribution in [0, 0.1) is 0 Å². The maximum absolute atomic E-state index is 12.1. The van der Waals surface area contributed by atoms with Gasteiger partial charge >= 0.3 is 0 Å². The number of ether oxygens (including phenoxy) is 2. The van der Waals surface area contributed by atoms with E-state index < -0.39 is 5.91 Å². The Hall–Kier alpha value is -1.76. The molecule has 2 rings (SSSR count). The van der Waals surface area contributed by atoms with Crippen LogP contribution < -0.4 is 14.9 Å². The quantitative estimate of drug-likeness (QED) is 0.558. The van der Waals surface area contributed by atoms with Crippen molar-refractivity contribution >= 4 is 51.3 Å². The van der Waals surface area contributed by atoms with Gasteiger partial charge in [-0.1, -0.05) is 23.2 Å². The van der Waals surface area contributed by atoms with Crippen molar-refractivity contribution in [1.82, 2.24) is 5.43 Å². The Morgan fingerprint density at radius 2 is 1.96 bits per heavy atom. The molecule has 0 fully saturated rings. The van der Waals surface area contributed by atoms with Crippen LogP contribution in [0.2, 0.25) is 10.0 Å². The minimum absolute atomic E-state index is 0.252. The minimum atomic E-state index is -0.440. The second-order valence-corrected chi connectivity index (χ2v) is 6.16. The highest BCUT2D eigenvalue weighted by Gasteiger charge is 2.12. The fourth-order valence-electron chi connectivity index (χ4n) is 1.90. The number of carbonyl (C=O) groups is 1. The fourth-order valence-corrected chi connectivity index (χ4v) is 2.98. The van der Waals surface area contributed by atoms with Gasteiger partial charge in [0.1, 0.15) is 0 Å². The highest BCUT2D eigenvalue weighted by atomic mass is 79.9. The summed E-state index contributed by atoms with van der Waals surface area (Å²) in [6.45, 7) is 0. The van der Waals surface area contributed by atoms with Crippen LogP contribution in [-0.2, 0) is 0 Å². The number of methoxy groups -OCH3 is 2. The summed E-state index contributed by atoms with van der Waals surface area (Å²) in [5.41, 5.74) is 3.40. The lowest BCUT2D eigenvalue weighted by atomic mass is 10.2. The van der Waals surface area contributed by atoms with Gasteiger partial charge in [0.2, 0.25) is 0 Å². The van der Waals surface area contributed by atoms with Crippen molar-refractivity contribution in [2.24, 2.45) is 5.10 Å². The third kappa shape index (κ3) is 4.20. The largest absolute Gasteiger partial charge is 0.493 e. The van der Waals surface area contributed by atoms with Crippen LogP contribution in [0.25, 0.3) is 0 Å². The van der Waals surface area contributed by atoms with E-state index in [1.165, 1.54) is 25.5 Å². The third-order valence-corrected chi connectivity index (χ3v) is 4.43. The van der Waals surface area contributed by atoms with Crippen LogP contribution in [0.1, 0.15) is 15.9 Å². The average molecular weight is 432 g/mol. The first-order valence-corrected chi connectivity index (χ1v) is 8.21. The van der Waals surface area contributed by atoms with Gasteiger partial charge in [0, 0.05) is 10.6 Å². The Balaban J connectivity index is 2.16. The number of halogens is 3. The van der Waals surface area contributed by atoms with Gasteiger partial charge in [0.25, 0.3) is 5.91 Å². The Labute approximate surface area is 157 Å². The van der Waals surface area contributed by atoms with Crippen molar-refractivity contribution in [1.29, 1.82) is 0 Å². The van der Waals surface area contributed by atoms with Crippen LogP contribution in [-0.4, -0.2) is 26.3 Å². The highest BCUT2D eigenvalue weighted by Crippen LogP contribution is 2.36. The summed E-state index contributed by atoms with van der Waals surface area (Å²) < 4.78 is 11.1. The molecule has 0 unspecified atom stereocenters. The SMILES string of the molecule is COc1ccc(/C=N\NC(=O)c2ccc(Cl)cc2Cl)c(Br)c1OC. The maximum Gasteiger partial charge on any atom is 0.272 e. The van der Waals surface area contributed by atoms with Crippen molar-refractivity contribution in [2.75, 3.05) is 14.2 Å². The molecule has 5 nitrogen and oxygen atoms in total. The molecule has 0 aromatic heterocycles. The summed E-state index contributed by atoms with van der Waals surface area (Å²) in [7, 11) is 3.09. The van der Waals surface area contributed by atoms with E-state index in [2.05, 4.69) is 26.5 Å². The molecule has 2 aromatic rings. The summed E-state index contributed by atoms with van der Waals surface area (Å²) in [4.78, 5) is 12.1. The number of nitrogens with one attached hydrogen (secondary N) is 1. The Morgan fingerprint density at radius 1 is 1.21 bits per heavy atom. The van der Waals surface area contributed by atoms with E-state index in [9.17, 15) is 4.79 Å². The zero-order valence-corrected chi connectivity index (χ0v) is 15.9. The van der Waals surface area contributed by atoms with Crippen molar-refractivity contribution in [3.8, 4) is 11.5 Å². The van der Waals surface area contributed by atoms with E-state index in [0.717, 1.165) is 0 Å². The van der Waals surface area contributed by atoms with E-state index in [-0.39, 0.29) is 10.6 Å². The van der Waals surface area contributed by atoms with Gasteiger partial charge in [-0.15, -0.1) is 0 Å². The number of hydrogen-bond acceptors (Lipinski definition) is 4. The molecule has 0 heterocycles. The number of rotatable bonds is 5. The van der Waals surface area contributed by atoms with Gasteiger partial charge in [0.15, 0.2) is 11.5 Å². The summed E-state index contributed by atoms with van der Waals surface area (Å²) in [6, 6.07) is 8.12. The molecule has 2 aromatic carbocycles. The van der Waals surface area contributed by atoms with Gasteiger partial charge in [-0.25, -0.2) is 5.43 Å². The first-order valence-electron chi connectivity index (χ1n) is 6.67. The van der Waals surface area contributed by atoms with Crippen LogP contribution in [0.3, 0.4) is 0 Å². The van der Waals surface area contributed by atoms with E-state index in [0.29, 0.717) is 26.6 Å². The number of carbonyl (C=O) groups excluding carboxylic acids is 1. The first-order chi connectivity index (χ1) is 11.5. The van der Waals surface area contributed by atoms with Gasteiger partial charge in [-0.3, -0.25) is 4.79 Å². The van der Waals surface area contributed by atoms with E-state index in [1.807, 2.05) is 0 Å². The molecule has 0 saturated heterocycles. The molecular formula is C16H13BrCl2N2O3. The molecule has 0 aliphatic carbocycles. The predicted molar refractivity (Wildman–Crippen MR) is 98.8 cm³/mol. The molecule has 8 heteroatoms. The molecule has 0 aliphatic heterocycles. The van der Waals surface area contributed by atoms with Gasteiger partial charge < -0.3 is 9.47 Å². The van der Waals surface area contributed by atoms with Crippen LogP contribution in [0.4, 0.5) is 0 Å². The number of amides is 1. The first kappa shape index (κ1) is 18.6. The topological polar surface area (TPSA) is 59.9 Å². The Morgan fingerprint density at radius 3 is 2.58 bits per heavy atom. The smallest absolute Gasteiger partial charge is 0.272 e. The molecule has 0 spiro atoms. The van der Waals surface area contributed by atoms with Crippen molar-refractivity contribution < 1.29 is 14.3 Å². The van der Waals surface area contributed by atoms with Gasteiger partial charge in [-0.05, 0) is 46.3 Å². The molecule has 126 valence electrons. The lowest BCUT2D eigenvalue weighted by Crippen LogP contribution is -2.18. The number of benzene rings is 2. The normalized spacial score (nSPS) is 10.7. The fraction of sp³-hybridized carbons (Fsp3) is 0.125. The molecule has 0 atom stereocenters. The minimum Gasteiger partial charge on any atom is -0.493 e. The van der Waals surface area contributed by atoms with Crippen LogP contribution in [0.5, 0.6) is 11.5 Å². The summed E-state index contributed by atoms with van der Waals surface area (Å²) in [6.07, 6.45) is 1.48. The number of hydrazone groups is 1. The van der Waals surface area contributed by atoms with E-state index in [4.69, 9.17) is 32.7 Å². The lowest BCUT2D eigenvalue weighted by molar-refractivity contribution is 0.0955. The van der Waals surface area contributed by atoms with Crippen molar-refractivity contribution in [3.63, 3.8) is 0 Å². The highest BCUT2D eigenvalue weighted by molar-refractivity contribution is 9.10. The average Bonchev–Trinajstić information content (AvgIpc) is 2.55. The zero-order valence-electron chi connectivity index (χ0n) is 12.8. The van der Waals surface area contributed by atoms with Gasteiger partial charge in [-0.2, -0.15) is 5.10 Å². The standard InChI is InChI=1S/C16H13BrCl2N2O3/c1-23-13-6-3-9(14(17)15(13)24-2)8-20-21-16(22)11-5-4-10(18)7-12(11)19/h3-8H,1-2H3,(H,21,22)/b20-8-. The molecule has 1 N–H and O–H groups in total. The molecule has 0 radical (unpaired) electrons.